The van der Waals surface area contributed by atoms with Gasteiger partial charge in [0.05, 0.1) is 12.7 Å². The van der Waals surface area contributed by atoms with Crippen molar-refractivity contribution in [2.75, 3.05) is 32.4 Å². The number of hydrogen-bond acceptors (Lipinski definition) is 3. The summed E-state index contributed by atoms with van der Waals surface area (Å²) in [5, 5.41) is 0. The van der Waals surface area contributed by atoms with Gasteiger partial charge in [-0.05, 0) is 31.4 Å². The monoisotopic (exact) mass is 324 g/mol. The van der Waals surface area contributed by atoms with Gasteiger partial charge in [0.15, 0.2) is 0 Å². The number of nitrogens with zero attached hydrogens (tertiary/aromatic N) is 2. The first-order chi connectivity index (χ1) is 10.3. The lowest BCUT2D eigenvalue weighted by Crippen LogP contribution is -2.37. The Balaban J connectivity index is 2.01. The van der Waals surface area contributed by atoms with Crippen molar-refractivity contribution in [3.63, 3.8) is 0 Å². The largest absolute Gasteiger partial charge is 0.341 e. The van der Waals surface area contributed by atoms with E-state index in [9.17, 15) is 13.2 Å². The maximum absolute atomic E-state index is 12.5. The van der Waals surface area contributed by atoms with Gasteiger partial charge in [0.1, 0.15) is 0 Å². The molecule has 0 atom stereocenters. The standard InChI is InChI=1S/C16H24N2O3S/c1-13-5-6-15(14(2)11-13)12-16(19)17-7-4-8-18(10-9-17)22(3,20)21/h5-6,11H,4,7-10,12H2,1-3H3. The Labute approximate surface area is 133 Å². The topological polar surface area (TPSA) is 57.7 Å². The SMILES string of the molecule is Cc1ccc(CC(=O)N2CCCN(S(C)(=O)=O)CC2)c(C)c1. The maximum Gasteiger partial charge on any atom is 0.227 e. The molecule has 1 amide bonds. The molecule has 1 heterocycles. The minimum atomic E-state index is -3.17. The van der Waals surface area contributed by atoms with Gasteiger partial charge in [0.25, 0.3) is 0 Å². The highest BCUT2D eigenvalue weighted by Crippen LogP contribution is 2.14. The van der Waals surface area contributed by atoms with E-state index in [1.54, 1.807) is 4.90 Å². The molecule has 22 heavy (non-hydrogen) atoms. The highest BCUT2D eigenvalue weighted by Gasteiger charge is 2.23. The van der Waals surface area contributed by atoms with Gasteiger partial charge < -0.3 is 4.90 Å². The maximum atomic E-state index is 12.5. The molecule has 6 heteroatoms. The molecule has 2 rings (SSSR count). The lowest BCUT2D eigenvalue weighted by atomic mass is 10.0. The van der Waals surface area contributed by atoms with Gasteiger partial charge >= 0.3 is 0 Å². The van der Waals surface area contributed by atoms with Crippen molar-refractivity contribution in [2.24, 2.45) is 0 Å². The lowest BCUT2D eigenvalue weighted by Gasteiger charge is -2.21. The van der Waals surface area contributed by atoms with Gasteiger partial charge in [0.2, 0.25) is 15.9 Å². The van der Waals surface area contributed by atoms with Gasteiger partial charge in [-0.15, -0.1) is 0 Å². The molecule has 0 N–H and O–H groups in total. The molecule has 0 radical (unpaired) electrons. The Bertz CT molecular complexity index is 655. The van der Waals surface area contributed by atoms with Crippen LogP contribution in [0.5, 0.6) is 0 Å². The third kappa shape index (κ3) is 4.30. The Morgan fingerprint density at radius 2 is 1.86 bits per heavy atom. The highest BCUT2D eigenvalue weighted by molar-refractivity contribution is 7.88. The van der Waals surface area contributed by atoms with Crippen LogP contribution in [-0.4, -0.2) is 56.0 Å². The minimum Gasteiger partial charge on any atom is -0.341 e. The zero-order chi connectivity index (χ0) is 16.3. The molecular formula is C16H24N2O3S. The molecule has 0 bridgehead atoms. The predicted molar refractivity (Wildman–Crippen MR) is 87.2 cm³/mol. The van der Waals surface area contributed by atoms with Crippen LogP contribution in [0.25, 0.3) is 0 Å². The van der Waals surface area contributed by atoms with E-state index >= 15 is 0 Å². The number of amides is 1. The molecule has 0 aliphatic carbocycles. The van der Waals surface area contributed by atoms with Crippen molar-refractivity contribution < 1.29 is 13.2 Å². The molecule has 0 saturated carbocycles. The lowest BCUT2D eigenvalue weighted by molar-refractivity contribution is -0.130. The van der Waals surface area contributed by atoms with Crippen LogP contribution >= 0.6 is 0 Å². The molecule has 1 aliphatic rings. The van der Waals surface area contributed by atoms with Crippen LogP contribution in [0.4, 0.5) is 0 Å². The molecule has 1 fully saturated rings. The molecule has 1 aromatic carbocycles. The van der Waals surface area contributed by atoms with Crippen molar-refractivity contribution >= 4 is 15.9 Å². The Morgan fingerprint density at radius 1 is 1.14 bits per heavy atom. The van der Waals surface area contributed by atoms with Crippen molar-refractivity contribution in [1.82, 2.24) is 9.21 Å². The van der Waals surface area contributed by atoms with Crippen molar-refractivity contribution in [3.05, 3.63) is 34.9 Å². The second-order valence-corrected chi connectivity index (χ2v) is 7.99. The molecular weight excluding hydrogens is 300 g/mol. The van der Waals surface area contributed by atoms with Crippen LogP contribution in [0, 0.1) is 13.8 Å². The van der Waals surface area contributed by atoms with E-state index in [0.29, 0.717) is 39.0 Å². The number of carbonyl (C=O) groups excluding carboxylic acids is 1. The van der Waals surface area contributed by atoms with E-state index < -0.39 is 10.0 Å². The molecule has 1 aliphatic heterocycles. The number of hydrogen-bond donors (Lipinski definition) is 0. The third-order valence-electron chi connectivity index (χ3n) is 4.12. The van der Waals surface area contributed by atoms with Gasteiger partial charge in [-0.2, -0.15) is 0 Å². The summed E-state index contributed by atoms with van der Waals surface area (Å²) in [7, 11) is -3.17. The molecule has 122 valence electrons. The smallest absolute Gasteiger partial charge is 0.227 e. The second kappa shape index (κ2) is 6.79. The number of carbonyl (C=O) groups is 1. The molecule has 0 spiro atoms. The Morgan fingerprint density at radius 3 is 2.50 bits per heavy atom. The van der Waals surface area contributed by atoms with Gasteiger partial charge in [-0.3, -0.25) is 4.79 Å². The predicted octanol–water partition coefficient (Wildman–Crippen LogP) is 1.34. The molecule has 0 aromatic heterocycles. The summed E-state index contributed by atoms with van der Waals surface area (Å²) in [6.07, 6.45) is 2.29. The van der Waals surface area contributed by atoms with Crippen LogP contribution in [0.1, 0.15) is 23.1 Å². The van der Waals surface area contributed by atoms with Crippen molar-refractivity contribution in [2.45, 2.75) is 26.7 Å². The van der Waals surface area contributed by atoms with Gasteiger partial charge in [-0.1, -0.05) is 23.8 Å². The average Bonchev–Trinajstić information content (AvgIpc) is 2.67. The molecule has 0 unspecified atom stereocenters. The first-order valence-electron chi connectivity index (χ1n) is 7.56. The summed E-state index contributed by atoms with van der Waals surface area (Å²) >= 11 is 0. The molecule has 1 aromatic rings. The molecule has 1 saturated heterocycles. The van der Waals surface area contributed by atoms with E-state index in [1.165, 1.54) is 16.1 Å². The molecule has 5 nitrogen and oxygen atoms in total. The van der Waals surface area contributed by atoms with E-state index in [4.69, 9.17) is 0 Å². The summed E-state index contributed by atoms with van der Waals surface area (Å²) in [6, 6.07) is 6.10. The zero-order valence-corrected chi connectivity index (χ0v) is 14.3. The Hall–Kier alpha value is -1.40. The summed E-state index contributed by atoms with van der Waals surface area (Å²) in [5.74, 6) is 0.0716. The minimum absolute atomic E-state index is 0.0716. The third-order valence-corrected chi connectivity index (χ3v) is 5.42. The van der Waals surface area contributed by atoms with E-state index in [2.05, 4.69) is 6.07 Å². The summed E-state index contributed by atoms with van der Waals surface area (Å²) in [6.45, 7) is 6.02. The second-order valence-electron chi connectivity index (χ2n) is 6.00. The average molecular weight is 324 g/mol. The van der Waals surface area contributed by atoms with Crippen LogP contribution < -0.4 is 0 Å². The van der Waals surface area contributed by atoms with E-state index in [-0.39, 0.29) is 5.91 Å². The van der Waals surface area contributed by atoms with Crippen LogP contribution in [-0.2, 0) is 21.2 Å². The normalized spacial score (nSPS) is 17.3. The van der Waals surface area contributed by atoms with E-state index in [0.717, 1.165) is 11.1 Å². The summed E-state index contributed by atoms with van der Waals surface area (Å²) in [4.78, 5) is 14.3. The summed E-state index contributed by atoms with van der Waals surface area (Å²) < 4.78 is 24.7. The zero-order valence-electron chi connectivity index (χ0n) is 13.5. The number of rotatable bonds is 3. The quantitative estimate of drug-likeness (QED) is 0.843. The van der Waals surface area contributed by atoms with Crippen molar-refractivity contribution in [3.8, 4) is 0 Å². The van der Waals surface area contributed by atoms with Crippen LogP contribution in [0.15, 0.2) is 18.2 Å². The van der Waals surface area contributed by atoms with Crippen LogP contribution in [0.2, 0.25) is 0 Å². The number of sulfonamides is 1. The van der Waals surface area contributed by atoms with Crippen LogP contribution in [0.3, 0.4) is 0 Å². The van der Waals surface area contributed by atoms with Crippen molar-refractivity contribution in [1.29, 1.82) is 0 Å². The van der Waals surface area contributed by atoms with E-state index in [1.807, 2.05) is 26.0 Å². The summed E-state index contributed by atoms with van der Waals surface area (Å²) in [5.41, 5.74) is 3.35. The Kier molecular flexibility index (Phi) is 5.24. The highest BCUT2D eigenvalue weighted by atomic mass is 32.2. The fourth-order valence-electron chi connectivity index (χ4n) is 2.79. The van der Waals surface area contributed by atoms with Gasteiger partial charge in [-0.25, -0.2) is 12.7 Å². The number of benzene rings is 1. The first kappa shape index (κ1) is 17.0. The fraction of sp³-hybridized carbons (Fsp3) is 0.562. The fourth-order valence-corrected chi connectivity index (χ4v) is 3.67. The first-order valence-corrected chi connectivity index (χ1v) is 9.41. The van der Waals surface area contributed by atoms with Gasteiger partial charge in [0, 0.05) is 26.2 Å². The number of aryl methyl sites for hydroxylation is 2.